The number of rotatable bonds is 9. The number of amides is 1. The second-order valence-corrected chi connectivity index (χ2v) is 13.7. The standard InChI is InChI=1S/C40H42N2O6/c1-39(2,3)31-16-18-32(19-17-31)47-33-20-21-34-30(24-33)25-35(42(34)38(45)48-40(4,5)6)37(44)41-23-22-36(43)46-26-27-12-14-29(15-13-27)28-10-8-7-9-11-28/h7-21,24-25H,22-23,26H2,1-6H3,(H,41,44). The van der Waals surface area contributed by atoms with Crippen LogP contribution in [0.2, 0.25) is 0 Å². The third-order valence-electron chi connectivity index (χ3n) is 7.61. The Hall–Kier alpha value is -5.37. The molecule has 1 amide bonds. The molecule has 0 aliphatic heterocycles. The van der Waals surface area contributed by atoms with Crippen molar-refractivity contribution in [1.82, 2.24) is 9.88 Å². The smallest absolute Gasteiger partial charge is 0.419 e. The molecule has 0 bridgehead atoms. The van der Waals surface area contributed by atoms with Gasteiger partial charge in [0.05, 0.1) is 11.9 Å². The van der Waals surface area contributed by atoms with E-state index >= 15 is 0 Å². The number of benzene rings is 4. The zero-order valence-electron chi connectivity index (χ0n) is 28.3. The van der Waals surface area contributed by atoms with Crippen molar-refractivity contribution < 1.29 is 28.6 Å². The molecule has 5 rings (SSSR count). The fourth-order valence-electron chi connectivity index (χ4n) is 5.12. The fourth-order valence-corrected chi connectivity index (χ4v) is 5.12. The number of nitrogens with one attached hydrogen (secondary N) is 1. The largest absolute Gasteiger partial charge is 0.461 e. The maximum absolute atomic E-state index is 13.4. The van der Waals surface area contributed by atoms with Crippen molar-refractivity contribution in [3.63, 3.8) is 0 Å². The van der Waals surface area contributed by atoms with Gasteiger partial charge in [-0.1, -0.05) is 87.5 Å². The lowest BCUT2D eigenvalue weighted by molar-refractivity contribution is -0.144. The molecule has 0 spiro atoms. The summed E-state index contributed by atoms with van der Waals surface area (Å²) in [5.74, 6) is 0.244. The van der Waals surface area contributed by atoms with Crippen molar-refractivity contribution in [2.24, 2.45) is 0 Å². The lowest BCUT2D eigenvalue weighted by Crippen LogP contribution is -2.32. The van der Waals surface area contributed by atoms with Crippen LogP contribution in [0.4, 0.5) is 4.79 Å². The molecule has 1 N–H and O–H groups in total. The molecule has 0 aliphatic rings. The van der Waals surface area contributed by atoms with Crippen LogP contribution in [-0.2, 0) is 26.3 Å². The number of esters is 1. The van der Waals surface area contributed by atoms with Crippen LogP contribution in [0.3, 0.4) is 0 Å². The second kappa shape index (κ2) is 14.2. The molecule has 0 unspecified atom stereocenters. The Bertz CT molecular complexity index is 1890. The zero-order chi connectivity index (χ0) is 34.5. The van der Waals surface area contributed by atoms with E-state index in [0.717, 1.165) is 16.7 Å². The third kappa shape index (κ3) is 8.70. The zero-order valence-corrected chi connectivity index (χ0v) is 28.3. The minimum Gasteiger partial charge on any atom is -0.461 e. The van der Waals surface area contributed by atoms with Crippen molar-refractivity contribution in [3.05, 3.63) is 120 Å². The van der Waals surface area contributed by atoms with Crippen molar-refractivity contribution in [3.8, 4) is 22.6 Å². The molecule has 248 valence electrons. The van der Waals surface area contributed by atoms with E-state index < -0.39 is 23.6 Å². The Kier molecular flexibility index (Phi) is 10.0. The van der Waals surface area contributed by atoms with Gasteiger partial charge in [0.15, 0.2) is 0 Å². The monoisotopic (exact) mass is 646 g/mol. The molecule has 1 aromatic heterocycles. The van der Waals surface area contributed by atoms with E-state index in [0.29, 0.717) is 22.4 Å². The fraction of sp³-hybridized carbons (Fsp3) is 0.275. The predicted octanol–water partition coefficient (Wildman–Crippen LogP) is 9.04. The van der Waals surface area contributed by atoms with Gasteiger partial charge in [0.2, 0.25) is 0 Å². The number of fused-ring (bicyclic) bond motifs is 1. The summed E-state index contributed by atoms with van der Waals surface area (Å²) >= 11 is 0. The van der Waals surface area contributed by atoms with Crippen LogP contribution in [0, 0.1) is 0 Å². The van der Waals surface area contributed by atoms with Crippen LogP contribution in [0.25, 0.3) is 22.0 Å². The molecular weight excluding hydrogens is 604 g/mol. The van der Waals surface area contributed by atoms with Gasteiger partial charge in [-0.05, 0) is 84.8 Å². The maximum atomic E-state index is 13.4. The number of ether oxygens (including phenoxy) is 3. The number of aromatic nitrogens is 1. The summed E-state index contributed by atoms with van der Waals surface area (Å²) in [6, 6.07) is 32.6. The Labute approximate surface area is 281 Å². The van der Waals surface area contributed by atoms with Gasteiger partial charge in [-0.15, -0.1) is 0 Å². The maximum Gasteiger partial charge on any atom is 0.419 e. The summed E-state index contributed by atoms with van der Waals surface area (Å²) in [4.78, 5) is 39.2. The Balaban J connectivity index is 1.24. The van der Waals surface area contributed by atoms with Gasteiger partial charge in [-0.25, -0.2) is 9.36 Å². The Morgan fingerprint density at radius 2 is 1.38 bits per heavy atom. The lowest BCUT2D eigenvalue weighted by Gasteiger charge is -2.21. The van der Waals surface area contributed by atoms with Crippen molar-refractivity contribution in [2.75, 3.05) is 6.54 Å². The van der Waals surface area contributed by atoms with E-state index in [2.05, 4.69) is 26.1 Å². The molecule has 0 saturated carbocycles. The molecule has 0 aliphatic carbocycles. The van der Waals surface area contributed by atoms with E-state index in [1.54, 1.807) is 45.0 Å². The first-order valence-corrected chi connectivity index (χ1v) is 16.0. The first-order chi connectivity index (χ1) is 22.8. The summed E-state index contributed by atoms with van der Waals surface area (Å²) in [5.41, 5.74) is 4.05. The van der Waals surface area contributed by atoms with E-state index in [1.807, 2.05) is 78.9 Å². The van der Waals surface area contributed by atoms with E-state index in [4.69, 9.17) is 14.2 Å². The molecular formula is C40H42N2O6. The number of carbonyl (C=O) groups is 3. The van der Waals surface area contributed by atoms with Crippen LogP contribution in [-0.4, -0.2) is 34.7 Å². The molecule has 5 aromatic rings. The van der Waals surface area contributed by atoms with Crippen LogP contribution in [0.5, 0.6) is 11.5 Å². The predicted molar refractivity (Wildman–Crippen MR) is 187 cm³/mol. The summed E-state index contributed by atoms with van der Waals surface area (Å²) in [6.45, 7) is 11.9. The minimum absolute atomic E-state index is 0.0230. The number of hydrogen-bond donors (Lipinski definition) is 1. The first kappa shape index (κ1) is 34.0. The highest BCUT2D eigenvalue weighted by Gasteiger charge is 2.25. The molecule has 8 nitrogen and oxygen atoms in total. The number of nitrogens with zero attached hydrogens (tertiary/aromatic N) is 1. The molecule has 1 heterocycles. The van der Waals surface area contributed by atoms with Crippen molar-refractivity contribution in [2.45, 2.75) is 65.6 Å². The van der Waals surface area contributed by atoms with Gasteiger partial charge in [-0.3, -0.25) is 9.59 Å². The van der Waals surface area contributed by atoms with Gasteiger partial charge in [0.1, 0.15) is 29.4 Å². The average molecular weight is 647 g/mol. The Morgan fingerprint density at radius 3 is 2.02 bits per heavy atom. The highest BCUT2D eigenvalue weighted by molar-refractivity contribution is 6.04. The topological polar surface area (TPSA) is 95.9 Å². The summed E-state index contributed by atoms with van der Waals surface area (Å²) < 4.78 is 18.4. The molecule has 0 atom stereocenters. The summed E-state index contributed by atoms with van der Waals surface area (Å²) in [5, 5.41) is 3.36. The third-order valence-corrected chi connectivity index (χ3v) is 7.61. The average Bonchev–Trinajstić information content (AvgIpc) is 3.43. The normalized spacial score (nSPS) is 11.6. The van der Waals surface area contributed by atoms with Gasteiger partial charge >= 0.3 is 12.1 Å². The molecule has 8 heteroatoms. The lowest BCUT2D eigenvalue weighted by atomic mass is 9.87. The van der Waals surface area contributed by atoms with Gasteiger partial charge in [-0.2, -0.15) is 0 Å². The number of carbonyl (C=O) groups excluding carboxylic acids is 3. The second-order valence-electron chi connectivity index (χ2n) is 13.7. The van der Waals surface area contributed by atoms with Crippen molar-refractivity contribution >= 4 is 28.9 Å². The first-order valence-electron chi connectivity index (χ1n) is 16.0. The van der Waals surface area contributed by atoms with Gasteiger partial charge < -0.3 is 19.5 Å². The van der Waals surface area contributed by atoms with E-state index in [1.165, 1.54) is 10.1 Å². The van der Waals surface area contributed by atoms with E-state index in [-0.39, 0.29) is 30.7 Å². The van der Waals surface area contributed by atoms with Crippen LogP contribution >= 0.6 is 0 Å². The quantitative estimate of drug-likeness (QED) is 0.161. The minimum atomic E-state index is -0.782. The van der Waals surface area contributed by atoms with E-state index in [9.17, 15) is 14.4 Å². The highest BCUT2D eigenvalue weighted by atomic mass is 16.6. The number of hydrogen-bond acceptors (Lipinski definition) is 6. The Morgan fingerprint density at radius 1 is 0.729 bits per heavy atom. The SMILES string of the molecule is CC(C)(C)OC(=O)n1c(C(=O)NCCC(=O)OCc2ccc(-c3ccccc3)cc2)cc2cc(Oc3ccc(C(C)(C)C)cc3)ccc21. The molecule has 0 fully saturated rings. The van der Waals surface area contributed by atoms with Crippen molar-refractivity contribution in [1.29, 1.82) is 0 Å². The summed E-state index contributed by atoms with van der Waals surface area (Å²) in [6.07, 6.45) is -0.723. The van der Waals surface area contributed by atoms with Crippen LogP contribution in [0.15, 0.2) is 103 Å². The highest BCUT2D eigenvalue weighted by Crippen LogP contribution is 2.31. The van der Waals surface area contributed by atoms with Crippen LogP contribution < -0.4 is 10.1 Å². The molecule has 0 radical (unpaired) electrons. The van der Waals surface area contributed by atoms with Gasteiger partial charge in [0, 0.05) is 11.9 Å². The molecule has 4 aromatic carbocycles. The summed E-state index contributed by atoms with van der Waals surface area (Å²) in [7, 11) is 0. The molecule has 0 saturated heterocycles. The van der Waals surface area contributed by atoms with Gasteiger partial charge in [0.25, 0.3) is 5.91 Å². The molecule has 48 heavy (non-hydrogen) atoms. The van der Waals surface area contributed by atoms with Crippen LogP contribution in [0.1, 0.15) is 69.6 Å².